The summed E-state index contributed by atoms with van der Waals surface area (Å²) in [5.74, 6) is 0.770. The zero-order valence-corrected chi connectivity index (χ0v) is 12.4. The molecule has 100 valence electrons. The maximum absolute atomic E-state index is 4.52. The van der Waals surface area contributed by atoms with Gasteiger partial charge in [-0.1, -0.05) is 12.1 Å². The molecule has 0 atom stereocenters. The second-order valence-electron chi connectivity index (χ2n) is 5.11. The highest BCUT2D eigenvalue weighted by Crippen LogP contribution is 2.24. The molecular formula is C15H18BrN3. The molecule has 0 radical (unpaired) electrons. The van der Waals surface area contributed by atoms with Crippen molar-refractivity contribution in [2.24, 2.45) is 5.92 Å². The lowest BCUT2D eigenvalue weighted by Crippen LogP contribution is -2.31. The summed E-state index contributed by atoms with van der Waals surface area (Å²) in [4.78, 5) is 4.52. The number of para-hydroxylation sites is 1. The van der Waals surface area contributed by atoms with Crippen molar-refractivity contribution in [3.8, 4) is 0 Å². The van der Waals surface area contributed by atoms with E-state index in [0.29, 0.717) is 0 Å². The predicted molar refractivity (Wildman–Crippen MR) is 83.5 cm³/mol. The monoisotopic (exact) mass is 319 g/mol. The summed E-state index contributed by atoms with van der Waals surface area (Å²) >= 11 is 3.47. The van der Waals surface area contributed by atoms with Crippen LogP contribution < -0.4 is 10.6 Å². The summed E-state index contributed by atoms with van der Waals surface area (Å²) in [5.41, 5.74) is 2.20. The topological polar surface area (TPSA) is 37.0 Å². The minimum atomic E-state index is 0.770. The van der Waals surface area contributed by atoms with E-state index in [1.54, 1.807) is 0 Å². The van der Waals surface area contributed by atoms with Crippen LogP contribution in [0, 0.1) is 5.92 Å². The van der Waals surface area contributed by atoms with Gasteiger partial charge in [-0.05, 0) is 59.9 Å². The molecule has 1 aromatic carbocycles. The maximum atomic E-state index is 4.52. The zero-order chi connectivity index (χ0) is 13.1. The maximum Gasteiger partial charge on any atom is 0.0934 e. The molecule has 0 bridgehead atoms. The molecular weight excluding hydrogens is 302 g/mol. The van der Waals surface area contributed by atoms with Gasteiger partial charge in [-0.25, -0.2) is 0 Å². The van der Waals surface area contributed by atoms with E-state index in [-0.39, 0.29) is 0 Å². The molecule has 3 rings (SSSR count). The number of rotatable bonds is 3. The average Bonchev–Trinajstić information content (AvgIpc) is 2.45. The first-order chi connectivity index (χ1) is 9.33. The van der Waals surface area contributed by atoms with Crippen LogP contribution in [0.3, 0.4) is 0 Å². The van der Waals surface area contributed by atoms with Crippen LogP contribution in [0.15, 0.2) is 34.9 Å². The molecule has 1 aliphatic rings. The van der Waals surface area contributed by atoms with Crippen molar-refractivity contribution < 1.29 is 0 Å². The number of fused-ring (bicyclic) bond motifs is 1. The number of hydrogen-bond donors (Lipinski definition) is 2. The number of nitrogens with zero attached hydrogens (tertiary/aromatic N) is 1. The summed E-state index contributed by atoms with van der Waals surface area (Å²) in [6.45, 7) is 3.33. The first-order valence-electron chi connectivity index (χ1n) is 6.82. The molecule has 0 unspecified atom stereocenters. The van der Waals surface area contributed by atoms with Gasteiger partial charge in [-0.2, -0.15) is 0 Å². The van der Waals surface area contributed by atoms with Gasteiger partial charge in [0.15, 0.2) is 0 Å². The third-order valence-electron chi connectivity index (χ3n) is 3.72. The zero-order valence-electron chi connectivity index (χ0n) is 10.8. The molecule has 4 heteroatoms. The van der Waals surface area contributed by atoms with Crippen LogP contribution in [0.2, 0.25) is 0 Å². The molecule has 2 aromatic rings. The first kappa shape index (κ1) is 12.9. The molecule has 1 aliphatic heterocycles. The number of nitrogens with one attached hydrogen (secondary N) is 2. The van der Waals surface area contributed by atoms with E-state index in [4.69, 9.17) is 0 Å². The van der Waals surface area contributed by atoms with Gasteiger partial charge < -0.3 is 10.6 Å². The first-order valence-corrected chi connectivity index (χ1v) is 7.61. The van der Waals surface area contributed by atoms with Gasteiger partial charge in [0.1, 0.15) is 0 Å². The Kier molecular flexibility index (Phi) is 3.99. The fourth-order valence-corrected chi connectivity index (χ4v) is 2.97. The minimum absolute atomic E-state index is 0.770. The summed E-state index contributed by atoms with van der Waals surface area (Å²) < 4.78 is 1.02. The van der Waals surface area contributed by atoms with Crippen LogP contribution in [0.25, 0.3) is 10.9 Å². The highest BCUT2D eigenvalue weighted by molar-refractivity contribution is 9.10. The number of aromatic nitrogens is 1. The Bertz CT molecular complexity index is 564. The van der Waals surface area contributed by atoms with Crippen LogP contribution in [-0.4, -0.2) is 24.6 Å². The smallest absolute Gasteiger partial charge is 0.0934 e. The molecule has 0 amide bonds. The Hall–Kier alpha value is -1.13. The molecule has 2 N–H and O–H groups in total. The van der Waals surface area contributed by atoms with E-state index >= 15 is 0 Å². The van der Waals surface area contributed by atoms with Crippen molar-refractivity contribution in [2.45, 2.75) is 12.8 Å². The van der Waals surface area contributed by atoms with Gasteiger partial charge >= 0.3 is 0 Å². The Labute approximate surface area is 121 Å². The van der Waals surface area contributed by atoms with Crippen molar-refractivity contribution in [2.75, 3.05) is 25.0 Å². The molecule has 19 heavy (non-hydrogen) atoms. The highest BCUT2D eigenvalue weighted by Gasteiger charge is 2.13. The number of halogens is 1. The number of piperidine rings is 1. The molecule has 0 saturated carbocycles. The summed E-state index contributed by atoms with van der Waals surface area (Å²) in [7, 11) is 0. The Morgan fingerprint density at radius 2 is 2.16 bits per heavy atom. The summed E-state index contributed by atoms with van der Waals surface area (Å²) in [6, 6.07) is 8.41. The van der Waals surface area contributed by atoms with E-state index in [9.17, 15) is 0 Å². The number of pyridine rings is 1. The second kappa shape index (κ2) is 5.88. The molecule has 3 nitrogen and oxygen atoms in total. The fraction of sp³-hybridized carbons (Fsp3) is 0.400. The standard InChI is InChI=1S/C15H18BrN3/c16-13-8-12-2-1-3-14(15(12)19-10-13)18-9-11-4-6-17-7-5-11/h1-3,8,10-11,17-18H,4-7,9H2. The fourth-order valence-electron chi connectivity index (χ4n) is 2.62. The number of anilines is 1. The van der Waals surface area contributed by atoms with Gasteiger partial charge in [0, 0.05) is 22.6 Å². The molecule has 0 aliphatic carbocycles. The van der Waals surface area contributed by atoms with E-state index in [1.807, 2.05) is 6.20 Å². The van der Waals surface area contributed by atoms with E-state index < -0.39 is 0 Å². The minimum Gasteiger partial charge on any atom is -0.383 e. The van der Waals surface area contributed by atoms with E-state index in [2.05, 4.69) is 55.8 Å². The number of benzene rings is 1. The SMILES string of the molecule is Brc1cnc2c(NCC3CCNCC3)cccc2c1. The average molecular weight is 320 g/mol. The lowest BCUT2D eigenvalue weighted by Gasteiger charge is -2.23. The third-order valence-corrected chi connectivity index (χ3v) is 4.15. The van der Waals surface area contributed by atoms with Gasteiger partial charge in [0.2, 0.25) is 0 Å². The predicted octanol–water partition coefficient (Wildman–Crippen LogP) is 3.41. The van der Waals surface area contributed by atoms with Crippen LogP contribution in [0.5, 0.6) is 0 Å². The van der Waals surface area contributed by atoms with Crippen molar-refractivity contribution in [3.63, 3.8) is 0 Å². The lowest BCUT2D eigenvalue weighted by molar-refractivity contribution is 0.390. The molecule has 1 aromatic heterocycles. The van der Waals surface area contributed by atoms with Crippen LogP contribution in [-0.2, 0) is 0 Å². The number of hydrogen-bond acceptors (Lipinski definition) is 3. The molecule has 1 saturated heterocycles. The molecule has 0 spiro atoms. The Morgan fingerprint density at radius 1 is 1.32 bits per heavy atom. The van der Waals surface area contributed by atoms with E-state index in [0.717, 1.165) is 41.2 Å². The van der Waals surface area contributed by atoms with Crippen LogP contribution >= 0.6 is 15.9 Å². The van der Waals surface area contributed by atoms with Gasteiger partial charge in [-0.15, -0.1) is 0 Å². The van der Waals surface area contributed by atoms with Crippen LogP contribution in [0.1, 0.15) is 12.8 Å². The van der Waals surface area contributed by atoms with Gasteiger partial charge in [-0.3, -0.25) is 4.98 Å². The van der Waals surface area contributed by atoms with Crippen molar-refractivity contribution in [1.29, 1.82) is 0 Å². The van der Waals surface area contributed by atoms with Crippen molar-refractivity contribution >= 4 is 32.5 Å². The van der Waals surface area contributed by atoms with Gasteiger partial charge in [0.05, 0.1) is 11.2 Å². The summed E-state index contributed by atoms with van der Waals surface area (Å²) in [6.07, 6.45) is 4.38. The van der Waals surface area contributed by atoms with Crippen molar-refractivity contribution in [1.82, 2.24) is 10.3 Å². The quantitative estimate of drug-likeness (QED) is 0.910. The van der Waals surface area contributed by atoms with Gasteiger partial charge in [0.25, 0.3) is 0 Å². The summed E-state index contributed by atoms with van der Waals surface area (Å²) in [5, 5.41) is 8.15. The van der Waals surface area contributed by atoms with Crippen molar-refractivity contribution in [3.05, 3.63) is 34.9 Å². The second-order valence-corrected chi connectivity index (χ2v) is 6.02. The Balaban J connectivity index is 1.76. The van der Waals surface area contributed by atoms with E-state index in [1.165, 1.54) is 18.2 Å². The third kappa shape index (κ3) is 3.07. The normalized spacial score (nSPS) is 16.7. The lowest BCUT2D eigenvalue weighted by atomic mass is 9.98. The van der Waals surface area contributed by atoms with Crippen LogP contribution in [0.4, 0.5) is 5.69 Å². The molecule has 2 heterocycles. The largest absolute Gasteiger partial charge is 0.383 e. The Morgan fingerprint density at radius 3 is 3.00 bits per heavy atom. The highest BCUT2D eigenvalue weighted by atomic mass is 79.9. The molecule has 1 fully saturated rings.